The molecular formula is C20H20OSi. The van der Waals surface area contributed by atoms with Gasteiger partial charge in [-0.2, -0.15) is 0 Å². The van der Waals surface area contributed by atoms with Crippen molar-refractivity contribution in [3.63, 3.8) is 0 Å². The molecule has 0 aliphatic heterocycles. The largest absolute Gasteiger partial charge is 0.289 e. The third-order valence-corrected chi connectivity index (χ3v) is 4.84. The van der Waals surface area contributed by atoms with Crippen LogP contribution in [0.25, 0.3) is 17.2 Å². The molecule has 22 heavy (non-hydrogen) atoms. The fourth-order valence-electron chi connectivity index (χ4n) is 2.78. The number of hydrogen-bond donors (Lipinski definition) is 0. The highest BCUT2D eigenvalue weighted by Gasteiger charge is 2.30. The Balaban J connectivity index is 2.17. The lowest BCUT2D eigenvalue weighted by atomic mass is 10.0. The minimum atomic E-state index is -1.46. The van der Waals surface area contributed by atoms with Crippen LogP contribution in [0.15, 0.2) is 60.3 Å². The summed E-state index contributed by atoms with van der Waals surface area (Å²) in [6.07, 6.45) is 2.01. The van der Waals surface area contributed by atoms with Gasteiger partial charge in [-0.25, -0.2) is 0 Å². The fraction of sp³-hybridized carbons (Fsp3) is 0.150. The quantitative estimate of drug-likeness (QED) is 0.559. The van der Waals surface area contributed by atoms with E-state index in [-0.39, 0.29) is 5.78 Å². The van der Waals surface area contributed by atoms with Gasteiger partial charge in [-0.3, -0.25) is 4.79 Å². The van der Waals surface area contributed by atoms with Crippen molar-refractivity contribution in [1.82, 2.24) is 0 Å². The number of Topliss-reactive ketones (excluding diaryl/α,β-unsaturated/α-hetero) is 1. The summed E-state index contributed by atoms with van der Waals surface area (Å²) >= 11 is 0. The van der Waals surface area contributed by atoms with Gasteiger partial charge in [-0.15, -0.1) is 0 Å². The lowest BCUT2D eigenvalue weighted by molar-refractivity contribution is -0.108. The molecule has 0 fully saturated rings. The number of allylic oxidation sites excluding steroid dienone is 2. The summed E-state index contributed by atoms with van der Waals surface area (Å²) in [5.41, 5.74) is 7.12. The number of ketones is 1. The van der Waals surface area contributed by atoms with Crippen LogP contribution in [0.4, 0.5) is 0 Å². The summed E-state index contributed by atoms with van der Waals surface area (Å²) < 4.78 is 0. The van der Waals surface area contributed by atoms with Gasteiger partial charge in [0.15, 0.2) is 5.78 Å². The molecule has 2 aromatic rings. The average molecular weight is 304 g/mol. The lowest BCUT2D eigenvalue weighted by Crippen LogP contribution is -2.17. The maximum Gasteiger partial charge on any atom is 0.193 e. The molecule has 3 rings (SSSR count). The summed E-state index contributed by atoms with van der Waals surface area (Å²) in [6.45, 7) is 6.78. The molecule has 110 valence electrons. The Morgan fingerprint density at radius 3 is 1.91 bits per heavy atom. The Morgan fingerprint density at radius 1 is 0.773 bits per heavy atom. The second-order valence-electron chi connectivity index (χ2n) is 6.77. The van der Waals surface area contributed by atoms with Crippen molar-refractivity contribution in [2.45, 2.75) is 19.6 Å². The highest BCUT2D eigenvalue weighted by atomic mass is 28.3. The van der Waals surface area contributed by atoms with Crippen LogP contribution in [0.2, 0.25) is 19.6 Å². The summed E-state index contributed by atoms with van der Waals surface area (Å²) in [7, 11) is -1.46. The zero-order valence-electron chi connectivity index (χ0n) is 13.3. The standard InChI is InChI=1S/C20H20OSi/c1-22(2,3)14-19-17-12-8-7-11-16(17)18(20(19)21)13-15-9-5-4-6-10-15/h4-14H,1-3H3/b18-13+,19-14+. The molecule has 0 aromatic heterocycles. The number of hydrogen-bond acceptors (Lipinski definition) is 1. The van der Waals surface area contributed by atoms with Crippen LogP contribution in [0.1, 0.15) is 16.7 Å². The summed E-state index contributed by atoms with van der Waals surface area (Å²) in [4.78, 5) is 12.9. The maximum atomic E-state index is 12.9. The van der Waals surface area contributed by atoms with Gasteiger partial charge in [0.1, 0.15) is 0 Å². The van der Waals surface area contributed by atoms with E-state index in [1.54, 1.807) is 0 Å². The first-order chi connectivity index (χ1) is 10.5. The number of carbonyl (C=O) groups excluding carboxylic acids is 1. The summed E-state index contributed by atoms with van der Waals surface area (Å²) in [5.74, 6) is 0.160. The topological polar surface area (TPSA) is 17.1 Å². The zero-order valence-corrected chi connectivity index (χ0v) is 14.3. The van der Waals surface area contributed by atoms with Crippen molar-refractivity contribution in [3.05, 3.63) is 77.0 Å². The monoisotopic (exact) mass is 304 g/mol. The number of carbonyl (C=O) groups is 1. The predicted octanol–water partition coefficient (Wildman–Crippen LogP) is 5.07. The van der Waals surface area contributed by atoms with Gasteiger partial charge < -0.3 is 0 Å². The van der Waals surface area contributed by atoms with Crippen molar-refractivity contribution in [2.75, 3.05) is 0 Å². The predicted molar refractivity (Wildman–Crippen MR) is 97.1 cm³/mol. The van der Waals surface area contributed by atoms with Gasteiger partial charge in [0, 0.05) is 11.1 Å². The van der Waals surface area contributed by atoms with Crippen molar-refractivity contribution >= 4 is 31.1 Å². The van der Waals surface area contributed by atoms with E-state index in [4.69, 9.17) is 0 Å². The number of benzene rings is 2. The molecule has 2 aromatic carbocycles. The highest BCUT2D eigenvalue weighted by Crippen LogP contribution is 2.39. The number of fused-ring (bicyclic) bond motifs is 1. The van der Waals surface area contributed by atoms with Crippen LogP contribution in [0.5, 0.6) is 0 Å². The van der Waals surface area contributed by atoms with Gasteiger partial charge in [0.25, 0.3) is 0 Å². The van der Waals surface area contributed by atoms with Crippen molar-refractivity contribution in [2.24, 2.45) is 0 Å². The molecule has 1 aliphatic rings. The molecule has 0 heterocycles. The second-order valence-corrected chi connectivity index (χ2v) is 11.8. The third-order valence-electron chi connectivity index (χ3n) is 3.68. The van der Waals surface area contributed by atoms with Crippen LogP contribution in [-0.2, 0) is 4.79 Å². The SMILES string of the molecule is C[Si](C)(C)/C=C1/C(=O)/C(=C/c2ccccc2)c2ccccc21. The third kappa shape index (κ3) is 2.88. The van der Waals surface area contributed by atoms with E-state index in [0.717, 1.165) is 27.8 Å². The van der Waals surface area contributed by atoms with Gasteiger partial charge in [0.2, 0.25) is 0 Å². The van der Waals surface area contributed by atoms with Crippen molar-refractivity contribution in [1.29, 1.82) is 0 Å². The molecule has 0 saturated carbocycles. The highest BCUT2D eigenvalue weighted by molar-refractivity contribution is 6.83. The average Bonchev–Trinajstić information content (AvgIpc) is 2.73. The van der Waals surface area contributed by atoms with Gasteiger partial charge in [-0.05, 0) is 22.8 Å². The van der Waals surface area contributed by atoms with Crippen LogP contribution in [-0.4, -0.2) is 13.9 Å². The molecule has 1 nitrogen and oxygen atoms in total. The molecule has 0 unspecified atom stereocenters. The van der Waals surface area contributed by atoms with Gasteiger partial charge in [0.05, 0.1) is 8.07 Å². The Hall–Kier alpha value is -2.19. The molecule has 0 atom stereocenters. The van der Waals surface area contributed by atoms with E-state index < -0.39 is 8.07 Å². The van der Waals surface area contributed by atoms with Gasteiger partial charge >= 0.3 is 0 Å². The number of rotatable bonds is 2. The molecule has 0 bridgehead atoms. The first kappa shape index (κ1) is 14.7. The normalized spacial score (nSPS) is 18.0. The minimum absolute atomic E-state index is 0.160. The smallest absolute Gasteiger partial charge is 0.193 e. The lowest BCUT2D eigenvalue weighted by Gasteiger charge is -2.11. The first-order valence-corrected chi connectivity index (χ1v) is 11.2. The van der Waals surface area contributed by atoms with E-state index >= 15 is 0 Å². The maximum absolute atomic E-state index is 12.9. The van der Waals surface area contributed by atoms with Crippen LogP contribution in [0, 0.1) is 0 Å². The zero-order chi connectivity index (χ0) is 15.7. The van der Waals surface area contributed by atoms with E-state index in [1.807, 2.05) is 54.6 Å². The Kier molecular flexibility index (Phi) is 3.71. The van der Waals surface area contributed by atoms with E-state index in [2.05, 4.69) is 31.4 Å². The minimum Gasteiger partial charge on any atom is -0.289 e. The first-order valence-electron chi connectivity index (χ1n) is 7.60. The molecule has 1 aliphatic carbocycles. The molecular weight excluding hydrogens is 284 g/mol. The van der Waals surface area contributed by atoms with E-state index in [0.29, 0.717) is 0 Å². The molecule has 0 radical (unpaired) electrons. The van der Waals surface area contributed by atoms with Crippen molar-refractivity contribution in [3.8, 4) is 0 Å². The Labute approximate surface area is 133 Å². The molecule has 0 amide bonds. The van der Waals surface area contributed by atoms with E-state index in [9.17, 15) is 4.79 Å². The van der Waals surface area contributed by atoms with Gasteiger partial charge in [-0.1, -0.05) is 79.9 Å². The molecule has 0 N–H and O–H groups in total. The van der Waals surface area contributed by atoms with Crippen LogP contribution >= 0.6 is 0 Å². The molecule has 0 spiro atoms. The van der Waals surface area contributed by atoms with Crippen LogP contribution in [0.3, 0.4) is 0 Å². The fourth-order valence-corrected chi connectivity index (χ4v) is 3.93. The summed E-state index contributed by atoms with van der Waals surface area (Å²) in [5, 5.41) is 0. The molecule has 2 heteroatoms. The summed E-state index contributed by atoms with van der Waals surface area (Å²) in [6, 6.07) is 18.2. The Morgan fingerprint density at radius 2 is 1.32 bits per heavy atom. The Bertz CT molecular complexity index is 777. The van der Waals surface area contributed by atoms with E-state index in [1.165, 1.54) is 0 Å². The van der Waals surface area contributed by atoms with Crippen LogP contribution < -0.4 is 0 Å². The molecule has 0 saturated heterocycles. The van der Waals surface area contributed by atoms with Crippen molar-refractivity contribution < 1.29 is 4.79 Å². The second kappa shape index (κ2) is 5.54.